The quantitative estimate of drug-likeness (QED) is 0.676. The highest BCUT2D eigenvalue weighted by atomic mass is 32.2. The second kappa shape index (κ2) is 9.62. The second-order valence-corrected chi connectivity index (χ2v) is 9.78. The first kappa shape index (κ1) is 22.3. The number of nitrogens with zero attached hydrogens (tertiary/aromatic N) is 2. The molecule has 30 heavy (non-hydrogen) atoms. The van der Waals surface area contributed by atoms with Crippen LogP contribution in [0.15, 0.2) is 53.4 Å². The number of benzene rings is 2. The van der Waals surface area contributed by atoms with Gasteiger partial charge in [0.2, 0.25) is 15.9 Å². The molecule has 1 amide bonds. The van der Waals surface area contributed by atoms with Crippen LogP contribution in [0.1, 0.15) is 24.0 Å². The Bertz CT molecular complexity index is 968. The third-order valence-electron chi connectivity index (χ3n) is 5.73. The van der Waals surface area contributed by atoms with Crippen molar-refractivity contribution in [3.05, 3.63) is 59.7 Å². The van der Waals surface area contributed by atoms with Crippen LogP contribution in [0, 0.1) is 19.8 Å². The Kier molecular flexibility index (Phi) is 7.15. The number of hydrogen-bond acceptors (Lipinski definition) is 4. The van der Waals surface area contributed by atoms with Crippen molar-refractivity contribution in [3.8, 4) is 5.75 Å². The van der Waals surface area contributed by atoms with Crippen LogP contribution in [0.3, 0.4) is 0 Å². The van der Waals surface area contributed by atoms with Gasteiger partial charge in [-0.3, -0.25) is 4.79 Å². The first-order chi connectivity index (χ1) is 14.3. The molecule has 1 heterocycles. The number of amides is 1. The molecule has 3 rings (SSSR count). The summed E-state index contributed by atoms with van der Waals surface area (Å²) in [6, 6.07) is 14.7. The number of rotatable bonds is 7. The molecule has 1 aliphatic rings. The summed E-state index contributed by atoms with van der Waals surface area (Å²) >= 11 is 0. The van der Waals surface area contributed by atoms with Crippen molar-refractivity contribution >= 4 is 15.9 Å². The Hall–Kier alpha value is -2.38. The lowest BCUT2D eigenvalue weighted by molar-refractivity contribution is -0.135. The number of likely N-dealkylation sites (N-methyl/N-ethyl adjacent to an activating group) is 1. The Morgan fingerprint density at radius 3 is 2.37 bits per heavy atom. The van der Waals surface area contributed by atoms with Crippen molar-refractivity contribution in [2.45, 2.75) is 31.6 Å². The minimum atomic E-state index is -3.53. The molecule has 0 radical (unpaired) electrons. The number of sulfonamides is 1. The van der Waals surface area contributed by atoms with E-state index in [0.29, 0.717) is 44.0 Å². The number of piperidine rings is 1. The van der Waals surface area contributed by atoms with Crippen LogP contribution < -0.4 is 4.74 Å². The van der Waals surface area contributed by atoms with E-state index in [1.165, 1.54) is 4.31 Å². The fourth-order valence-electron chi connectivity index (χ4n) is 3.61. The Balaban J connectivity index is 1.51. The summed E-state index contributed by atoms with van der Waals surface area (Å²) in [5.74, 6) is 0.677. The van der Waals surface area contributed by atoms with E-state index < -0.39 is 10.0 Å². The SMILES string of the molecule is Cc1ccc(S(=O)(=O)N2CCC(C(=O)N(C)CCOc3ccccc3)CC2)cc1C. The zero-order valence-corrected chi connectivity index (χ0v) is 18.7. The Morgan fingerprint density at radius 2 is 1.73 bits per heavy atom. The van der Waals surface area contributed by atoms with E-state index in [0.717, 1.165) is 16.9 Å². The van der Waals surface area contributed by atoms with Crippen LogP contribution in [0.25, 0.3) is 0 Å². The predicted molar refractivity (Wildman–Crippen MR) is 117 cm³/mol. The van der Waals surface area contributed by atoms with E-state index in [4.69, 9.17) is 4.74 Å². The molecular formula is C23H30N2O4S. The normalized spacial score (nSPS) is 15.7. The van der Waals surface area contributed by atoms with E-state index in [1.54, 1.807) is 24.1 Å². The molecular weight excluding hydrogens is 400 g/mol. The summed E-state index contributed by atoms with van der Waals surface area (Å²) in [7, 11) is -1.75. The standard InChI is InChI=1S/C23H30N2O4S/c1-18-9-10-22(17-19(18)2)30(27,28)25-13-11-20(12-14-25)23(26)24(3)15-16-29-21-7-5-4-6-8-21/h4-10,17,20H,11-16H2,1-3H3. The smallest absolute Gasteiger partial charge is 0.243 e. The van der Waals surface area contributed by atoms with E-state index in [9.17, 15) is 13.2 Å². The lowest BCUT2D eigenvalue weighted by atomic mass is 9.97. The van der Waals surface area contributed by atoms with Gasteiger partial charge >= 0.3 is 0 Å². The van der Waals surface area contributed by atoms with Crippen molar-refractivity contribution in [1.29, 1.82) is 0 Å². The first-order valence-electron chi connectivity index (χ1n) is 10.3. The maximum absolute atomic E-state index is 13.0. The molecule has 1 fully saturated rings. The summed E-state index contributed by atoms with van der Waals surface area (Å²) in [5, 5.41) is 0. The fraction of sp³-hybridized carbons (Fsp3) is 0.435. The van der Waals surface area contributed by atoms with E-state index in [1.807, 2.05) is 50.2 Å². The van der Waals surface area contributed by atoms with Gasteiger partial charge in [-0.05, 0) is 62.1 Å². The second-order valence-electron chi connectivity index (χ2n) is 7.85. The Morgan fingerprint density at radius 1 is 1.07 bits per heavy atom. The largest absolute Gasteiger partial charge is 0.492 e. The van der Waals surface area contributed by atoms with Gasteiger partial charge in [0.1, 0.15) is 12.4 Å². The number of ether oxygens (including phenoxy) is 1. The summed E-state index contributed by atoms with van der Waals surface area (Å²) in [6.45, 7) is 5.52. The van der Waals surface area contributed by atoms with Crippen molar-refractivity contribution < 1.29 is 17.9 Å². The number of hydrogen-bond donors (Lipinski definition) is 0. The number of aryl methyl sites for hydroxylation is 2. The minimum Gasteiger partial charge on any atom is -0.492 e. The molecule has 7 heteroatoms. The van der Waals surface area contributed by atoms with E-state index >= 15 is 0 Å². The minimum absolute atomic E-state index is 0.0508. The lowest BCUT2D eigenvalue weighted by Crippen LogP contribution is -2.44. The molecule has 2 aromatic rings. The van der Waals surface area contributed by atoms with Gasteiger partial charge in [0, 0.05) is 26.1 Å². The Labute approximate surface area is 179 Å². The van der Waals surface area contributed by atoms with Gasteiger partial charge in [-0.25, -0.2) is 8.42 Å². The van der Waals surface area contributed by atoms with Gasteiger partial charge < -0.3 is 9.64 Å². The monoisotopic (exact) mass is 430 g/mol. The third-order valence-corrected chi connectivity index (χ3v) is 7.63. The molecule has 2 aromatic carbocycles. The van der Waals surface area contributed by atoms with Crippen molar-refractivity contribution in [2.75, 3.05) is 33.3 Å². The zero-order chi connectivity index (χ0) is 21.7. The average molecular weight is 431 g/mol. The van der Waals surface area contributed by atoms with Crippen LogP contribution in [0.4, 0.5) is 0 Å². The van der Waals surface area contributed by atoms with Gasteiger partial charge in [-0.2, -0.15) is 4.31 Å². The van der Waals surface area contributed by atoms with E-state index in [-0.39, 0.29) is 11.8 Å². The van der Waals surface area contributed by atoms with Gasteiger partial charge in [-0.15, -0.1) is 0 Å². The van der Waals surface area contributed by atoms with Crippen LogP contribution in [0.5, 0.6) is 5.75 Å². The molecule has 1 saturated heterocycles. The molecule has 162 valence electrons. The fourth-order valence-corrected chi connectivity index (χ4v) is 5.16. The molecule has 1 aliphatic heterocycles. The van der Waals surface area contributed by atoms with Crippen LogP contribution >= 0.6 is 0 Å². The highest BCUT2D eigenvalue weighted by Crippen LogP contribution is 2.26. The van der Waals surface area contributed by atoms with E-state index in [2.05, 4.69) is 0 Å². The maximum Gasteiger partial charge on any atom is 0.243 e. The van der Waals surface area contributed by atoms with Crippen molar-refractivity contribution in [2.24, 2.45) is 5.92 Å². The molecule has 0 aliphatic carbocycles. The summed E-state index contributed by atoms with van der Waals surface area (Å²) in [4.78, 5) is 14.8. The van der Waals surface area contributed by atoms with Gasteiger partial charge in [-0.1, -0.05) is 24.3 Å². The highest BCUT2D eigenvalue weighted by molar-refractivity contribution is 7.89. The predicted octanol–water partition coefficient (Wildman–Crippen LogP) is 3.24. The molecule has 0 spiro atoms. The molecule has 0 atom stereocenters. The van der Waals surface area contributed by atoms with Crippen LogP contribution in [0.2, 0.25) is 0 Å². The lowest BCUT2D eigenvalue weighted by Gasteiger charge is -2.32. The summed E-state index contributed by atoms with van der Waals surface area (Å²) < 4.78 is 33.1. The first-order valence-corrected chi connectivity index (χ1v) is 11.7. The van der Waals surface area contributed by atoms with Crippen LogP contribution in [-0.4, -0.2) is 56.8 Å². The highest BCUT2D eigenvalue weighted by Gasteiger charge is 2.33. The van der Waals surface area contributed by atoms with Crippen molar-refractivity contribution in [1.82, 2.24) is 9.21 Å². The van der Waals surface area contributed by atoms with Crippen molar-refractivity contribution in [3.63, 3.8) is 0 Å². The molecule has 0 unspecified atom stereocenters. The number of para-hydroxylation sites is 1. The average Bonchev–Trinajstić information content (AvgIpc) is 2.75. The molecule has 0 aromatic heterocycles. The van der Waals surface area contributed by atoms with Gasteiger partial charge in [0.05, 0.1) is 11.4 Å². The number of carbonyl (C=O) groups excluding carboxylic acids is 1. The summed E-state index contributed by atoms with van der Waals surface area (Å²) in [5.41, 5.74) is 2.03. The molecule has 6 nitrogen and oxygen atoms in total. The van der Waals surface area contributed by atoms with Gasteiger partial charge in [0.25, 0.3) is 0 Å². The molecule has 0 saturated carbocycles. The third kappa shape index (κ3) is 5.21. The summed E-state index contributed by atoms with van der Waals surface area (Å²) in [6.07, 6.45) is 1.07. The maximum atomic E-state index is 13.0. The van der Waals surface area contributed by atoms with Gasteiger partial charge in [0.15, 0.2) is 0 Å². The molecule has 0 N–H and O–H groups in total. The topological polar surface area (TPSA) is 66.9 Å². The van der Waals surface area contributed by atoms with Crippen LogP contribution in [-0.2, 0) is 14.8 Å². The molecule has 0 bridgehead atoms. The number of carbonyl (C=O) groups is 1. The zero-order valence-electron chi connectivity index (χ0n) is 17.9.